The smallest absolute Gasteiger partial charge is 0.237 e. The van der Waals surface area contributed by atoms with Gasteiger partial charge in [-0.05, 0) is 24.7 Å². The minimum atomic E-state index is -0.549. The van der Waals surface area contributed by atoms with E-state index in [9.17, 15) is 4.79 Å². The summed E-state index contributed by atoms with van der Waals surface area (Å²) in [5, 5.41) is 2.91. The van der Waals surface area contributed by atoms with Crippen LogP contribution >= 0.6 is 0 Å². The standard InChI is InChI=1S/C14H24N2O/c1-3-5-13(15)14(17)16-10-12-8-6-11(4-2)7-9-12/h1,11-13H,4-10,15H2,2H3,(H,16,17). The van der Waals surface area contributed by atoms with E-state index in [4.69, 9.17) is 12.2 Å². The molecule has 0 aromatic rings. The molecule has 1 aliphatic carbocycles. The first-order chi connectivity index (χ1) is 8.17. The molecule has 3 heteroatoms. The number of hydrogen-bond acceptors (Lipinski definition) is 2. The summed E-state index contributed by atoms with van der Waals surface area (Å²) in [6, 6.07) is -0.549. The summed E-state index contributed by atoms with van der Waals surface area (Å²) in [5.41, 5.74) is 5.63. The van der Waals surface area contributed by atoms with Crippen LogP contribution in [0.3, 0.4) is 0 Å². The number of carbonyl (C=O) groups excluding carboxylic acids is 1. The van der Waals surface area contributed by atoms with Crippen molar-refractivity contribution < 1.29 is 4.79 Å². The van der Waals surface area contributed by atoms with Gasteiger partial charge in [0.15, 0.2) is 0 Å². The molecule has 3 N–H and O–H groups in total. The van der Waals surface area contributed by atoms with Gasteiger partial charge in [-0.25, -0.2) is 0 Å². The summed E-state index contributed by atoms with van der Waals surface area (Å²) in [6.07, 6.45) is 11.8. The molecular formula is C14H24N2O. The van der Waals surface area contributed by atoms with Crippen LogP contribution in [0.25, 0.3) is 0 Å². The van der Waals surface area contributed by atoms with Gasteiger partial charge in [-0.15, -0.1) is 12.3 Å². The lowest BCUT2D eigenvalue weighted by Gasteiger charge is -2.28. The molecular weight excluding hydrogens is 212 g/mol. The number of amides is 1. The molecule has 0 bridgehead atoms. The molecule has 1 atom stereocenters. The van der Waals surface area contributed by atoms with Gasteiger partial charge in [0.1, 0.15) is 0 Å². The Balaban J connectivity index is 2.19. The zero-order valence-electron chi connectivity index (χ0n) is 10.7. The minimum Gasteiger partial charge on any atom is -0.354 e. The zero-order chi connectivity index (χ0) is 12.7. The maximum Gasteiger partial charge on any atom is 0.237 e. The topological polar surface area (TPSA) is 55.1 Å². The van der Waals surface area contributed by atoms with Crippen molar-refractivity contribution in [1.82, 2.24) is 5.32 Å². The Kier molecular flexibility index (Phi) is 6.07. The van der Waals surface area contributed by atoms with Crippen molar-refractivity contribution in [2.45, 2.75) is 51.5 Å². The predicted octanol–water partition coefficient (Wildman–Crippen LogP) is 1.67. The lowest BCUT2D eigenvalue weighted by molar-refractivity contribution is -0.122. The van der Waals surface area contributed by atoms with Crippen molar-refractivity contribution in [2.75, 3.05) is 6.54 Å². The molecule has 1 aliphatic rings. The number of rotatable bonds is 5. The van der Waals surface area contributed by atoms with E-state index in [1.807, 2.05) is 0 Å². The van der Waals surface area contributed by atoms with E-state index in [1.54, 1.807) is 0 Å². The fourth-order valence-electron chi connectivity index (χ4n) is 2.44. The summed E-state index contributed by atoms with van der Waals surface area (Å²) < 4.78 is 0. The van der Waals surface area contributed by atoms with Crippen molar-refractivity contribution in [3.8, 4) is 12.3 Å². The lowest BCUT2D eigenvalue weighted by atomic mass is 9.81. The maximum absolute atomic E-state index is 11.6. The first-order valence-corrected chi connectivity index (χ1v) is 6.64. The normalized spacial score (nSPS) is 25.9. The van der Waals surface area contributed by atoms with Crippen molar-refractivity contribution in [1.29, 1.82) is 0 Å². The van der Waals surface area contributed by atoms with Crippen molar-refractivity contribution in [3.05, 3.63) is 0 Å². The number of nitrogens with two attached hydrogens (primary N) is 1. The van der Waals surface area contributed by atoms with Crippen LogP contribution in [0.2, 0.25) is 0 Å². The SMILES string of the molecule is C#CCC(N)C(=O)NCC1CCC(CC)CC1. The molecule has 1 amide bonds. The molecule has 1 fully saturated rings. The predicted molar refractivity (Wildman–Crippen MR) is 70.2 cm³/mol. The molecule has 1 unspecified atom stereocenters. The number of hydrogen-bond donors (Lipinski definition) is 2. The highest BCUT2D eigenvalue weighted by Gasteiger charge is 2.21. The van der Waals surface area contributed by atoms with E-state index >= 15 is 0 Å². The van der Waals surface area contributed by atoms with Gasteiger partial charge in [0.25, 0.3) is 0 Å². The second-order valence-electron chi connectivity index (χ2n) is 5.05. The van der Waals surface area contributed by atoms with Gasteiger partial charge in [-0.2, -0.15) is 0 Å². The number of terminal acetylenes is 1. The fraction of sp³-hybridized carbons (Fsp3) is 0.786. The molecule has 0 aromatic heterocycles. The second-order valence-corrected chi connectivity index (χ2v) is 5.05. The quantitative estimate of drug-likeness (QED) is 0.713. The third-order valence-corrected chi connectivity index (χ3v) is 3.78. The van der Waals surface area contributed by atoms with Crippen LogP contribution in [0.15, 0.2) is 0 Å². The van der Waals surface area contributed by atoms with Crippen LogP contribution in [-0.2, 0) is 4.79 Å². The minimum absolute atomic E-state index is 0.111. The van der Waals surface area contributed by atoms with Gasteiger partial charge in [0.05, 0.1) is 6.04 Å². The third kappa shape index (κ3) is 4.79. The van der Waals surface area contributed by atoms with Gasteiger partial charge in [-0.1, -0.05) is 26.2 Å². The average molecular weight is 236 g/mol. The third-order valence-electron chi connectivity index (χ3n) is 3.78. The highest BCUT2D eigenvalue weighted by atomic mass is 16.2. The Morgan fingerprint density at radius 1 is 1.41 bits per heavy atom. The summed E-state index contributed by atoms with van der Waals surface area (Å²) in [7, 11) is 0. The molecule has 96 valence electrons. The van der Waals surface area contributed by atoms with E-state index in [-0.39, 0.29) is 5.91 Å². The zero-order valence-corrected chi connectivity index (χ0v) is 10.7. The van der Waals surface area contributed by atoms with E-state index in [0.29, 0.717) is 12.3 Å². The summed E-state index contributed by atoms with van der Waals surface area (Å²) in [4.78, 5) is 11.6. The Morgan fingerprint density at radius 2 is 2.00 bits per heavy atom. The van der Waals surface area contributed by atoms with Gasteiger partial charge in [-0.3, -0.25) is 4.79 Å². The maximum atomic E-state index is 11.6. The molecule has 0 aliphatic heterocycles. The van der Waals surface area contributed by atoms with E-state index in [2.05, 4.69) is 18.2 Å². The first kappa shape index (κ1) is 14.1. The van der Waals surface area contributed by atoms with Crippen LogP contribution in [0, 0.1) is 24.2 Å². The van der Waals surface area contributed by atoms with Gasteiger partial charge in [0.2, 0.25) is 5.91 Å². The first-order valence-electron chi connectivity index (χ1n) is 6.64. The molecule has 1 rings (SSSR count). The van der Waals surface area contributed by atoms with Crippen LogP contribution in [0.1, 0.15) is 45.4 Å². The highest BCUT2D eigenvalue weighted by molar-refractivity contribution is 5.81. The van der Waals surface area contributed by atoms with E-state index in [1.165, 1.54) is 32.1 Å². The Labute approximate surface area is 105 Å². The van der Waals surface area contributed by atoms with Crippen molar-refractivity contribution >= 4 is 5.91 Å². The molecule has 1 saturated carbocycles. The van der Waals surface area contributed by atoms with E-state index in [0.717, 1.165) is 12.5 Å². The van der Waals surface area contributed by atoms with Gasteiger partial charge >= 0.3 is 0 Å². The van der Waals surface area contributed by atoms with Crippen LogP contribution < -0.4 is 11.1 Å². The van der Waals surface area contributed by atoms with Gasteiger partial charge < -0.3 is 11.1 Å². The fourth-order valence-corrected chi connectivity index (χ4v) is 2.44. The van der Waals surface area contributed by atoms with Crippen LogP contribution in [0.5, 0.6) is 0 Å². The Bertz CT molecular complexity index is 274. The monoisotopic (exact) mass is 236 g/mol. The molecule has 0 aromatic carbocycles. The molecule has 0 heterocycles. The summed E-state index contributed by atoms with van der Waals surface area (Å²) >= 11 is 0. The molecule has 0 saturated heterocycles. The lowest BCUT2D eigenvalue weighted by Crippen LogP contribution is -2.42. The second kappa shape index (κ2) is 7.34. The molecule has 0 spiro atoms. The molecule has 3 nitrogen and oxygen atoms in total. The molecule has 0 radical (unpaired) electrons. The van der Waals surface area contributed by atoms with Crippen LogP contribution in [0.4, 0.5) is 0 Å². The van der Waals surface area contributed by atoms with Crippen molar-refractivity contribution in [2.24, 2.45) is 17.6 Å². The van der Waals surface area contributed by atoms with Crippen molar-refractivity contribution in [3.63, 3.8) is 0 Å². The Hall–Kier alpha value is -1.01. The Morgan fingerprint density at radius 3 is 2.53 bits per heavy atom. The summed E-state index contributed by atoms with van der Waals surface area (Å²) in [6.45, 7) is 3.01. The number of nitrogens with one attached hydrogen (secondary N) is 1. The average Bonchev–Trinajstić information content (AvgIpc) is 2.36. The number of carbonyl (C=O) groups is 1. The van der Waals surface area contributed by atoms with E-state index < -0.39 is 6.04 Å². The molecule has 17 heavy (non-hydrogen) atoms. The van der Waals surface area contributed by atoms with Crippen LogP contribution in [-0.4, -0.2) is 18.5 Å². The van der Waals surface area contributed by atoms with Gasteiger partial charge in [0, 0.05) is 13.0 Å². The highest BCUT2D eigenvalue weighted by Crippen LogP contribution is 2.29. The largest absolute Gasteiger partial charge is 0.354 e. The summed E-state index contributed by atoms with van der Waals surface area (Å²) in [5.74, 6) is 3.82.